The molecule has 1 fully saturated rings. The Hall–Kier alpha value is -2.41. The smallest absolute Gasteiger partial charge is 0.251 e. The fourth-order valence-corrected chi connectivity index (χ4v) is 4.22. The molecule has 0 atom stereocenters. The summed E-state index contributed by atoms with van der Waals surface area (Å²) in [5.74, 6) is 0.616. The summed E-state index contributed by atoms with van der Waals surface area (Å²) in [5, 5.41) is 5.95. The van der Waals surface area contributed by atoms with E-state index >= 15 is 0 Å². The van der Waals surface area contributed by atoms with Crippen LogP contribution in [-0.2, 0) is 0 Å². The highest BCUT2D eigenvalue weighted by Crippen LogP contribution is 2.29. The van der Waals surface area contributed by atoms with Crippen LogP contribution in [0.25, 0.3) is 12.0 Å². The molecule has 1 aliphatic rings. The van der Waals surface area contributed by atoms with Gasteiger partial charge in [0.05, 0.1) is 22.6 Å². The van der Waals surface area contributed by atoms with Crippen molar-refractivity contribution in [1.82, 2.24) is 24.6 Å². The number of nitrogens with zero attached hydrogens (tertiary/aromatic N) is 6. The van der Waals surface area contributed by atoms with Gasteiger partial charge in [-0.1, -0.05) is 35.4 Å². The summed E-state index contributed by atoms with van der Waals surface area (Å²) in [5.41, 5.74) is 5.00. The van der Waals surface area contributed by atoms with Crippen molar-refractivity contribution in [3.63, 3.8) is 0 Å². The average Bonchev–Trinajstić information content (AvgIpc) is 3.10. The number of halogens is 2. The molecule has 1 saturated heterocycles. The molecular formula is C23H26Cl2N6. The fourth-order valence-electron chi connectivity index (χ4n) is 3.82. The van der Waals surface area contributed by atoms with E-state index in [4.69, 9.17) is 23.2 Å². The quantitative estimate of drug-likeness (QED) is 0.555. The molecule has 2 aromatic heterocycles. The number of hydrogen-bond acceptors (Lipinski definition) is 5. The number of rotatable bonds is 5. The van der Waals surface area contributed by atoms with Gasteiger partial charge >= 0.3 is 0 Å². The van der Waals surface area contributed by atoms with Crippen LogP contribution in [0.5, 0.6) is 0 Å². The number of piperazine rings is 1. The highest BCUT2D eigenvalue weighted by molar-refractivity contribution is 6.35. The number of aromatic nitrogens is 4. The van der Waals surface area contributed by atoms with Crippen LogP contribution < -0.4 is 4.90 Å². The molecule has 0 radical (unpaired) electrons. The Morgan fingerprint density at radius 1 is 0.968 bits per heavy atom. The van der Waals surface area contributed by atoms with E-state index in [1.807, 2.05) is 51.2 Å². The van der Waals surface area contributed by atoms with Crippen molar-refractivity contribution < 1.29 is 0 Å². The molecule has 0 spiro atoms. The molecule has 4 rings (SSSR count). The van der Waals surface area contributed by atoms with E-state index in [0.29, 0.717) is 11.0 Å². The van der Waals surface area contributed by atoms with Gasteiger partial charge in [0.25, 0.3) is 5.95 Å². The Bertz CT molecular complexity index is 1080. The predicted octanol–water partition coefficient (Wildman–Crippen LogP) is 4.73. The van der Waals surface area contributed by atoms with E-state index in [-0.39, 0.29) is 0 Å². The lowest BCUT2D eigenvalue weighted by Crippen LogP contribution is -2.46. The van der Waals surface area contributed by atoms with Gasteiger partial charge in [0.2, 0.25) is 0 Å². The van der Waals surface area contributed by atoms with Gasteiger partial charge in [-0.05, 0) is 45.0 Å². The first-order chi connectivity index (χ1) is 14.9. The van der Waals surface area contributed by atoms with Gasteiger partial charge in [-0.15, -0.1) is 0 Å². The Balaban J connectivity index is 1.36. The Morgan fingerprint density at radius 3 is 2.39 bits per heavy atom. The van der Waals surface area contributed by atoms with Crippen molar-refractivity contribution in [2.24, 2.45) is 0 Å². The zero-order chi connectivity index (χ0) is 22.0. The second-order valence-corrected chi connectivity index (χ2v) is 8.68. The largest absolute Gasteiger partial charge is 0.368 e. The molecule has 3 heterocycles. The molecule has 31 heavy (non-hydrogen) atoms. The summed E-state index contributed by atoms with van der Waals surface area (Å²) in [6.07, 6.45) is 6.19. The molecule has 3 aromatic rings. The third-order valence-electron chi connectivity index (χ3n) is 5.49. The molecule has 0 N–H and O–H groups in total. The van der Waals surface area contributed by atoms with E-state index in [1.54, 1.807) is 4.68 Å². The van der Waals surface area contributed by atoms with Gasteiger partial charge in [-0.2, -0.15) is 5.10 Å². The molecular weight excluding hydrogens is 431 g/mol. The minimum Gasteiger partial charge on any atom is -0.368 e. The highest BCUT2D eigenvalue weighted by atomic mass is 35.5. The van der Waals surface area contributed by atoms with Crippen LogP contribution in [0, 0.1) is 20.8 Å². The molecule has 1 aliphatic heterocycles. The van der Waals surface area contributed by atoms with Gasteiger partial charge < -0.3 is 4.90 Å². The maximum atomic E-state index is 6.35. The van der Waals surface area contributed by atoms with Crippen LogP contribution in [0.1, 0.15) is 22.6 Å². The van der Waals surface area contributed by atoms with Crippen molar-refractivity contribution in [2.45, 2.75) is 20.8 Å². The Morgan fingerprint density at radius 2 is 1.68 bits per heavy atom. The zero-order valence-corrected chi connectivity index (χ0v) is 19.5. The summed E-state index contributed by atoms with van der Waals surface area (Å²) in [6.45, 7) is 10.7. The number of benzene rings is 1. The lowest BCUT2D eigenvalue weighted by Gasteiger charge is -2.36. The van der Waals surface area contributed by atoms with Crippen LogP contribution in [0.15, 0.2) is 36.5 Å². The summed E-state index contributed by atoms with van der Waals surface area (Å²) < 4.78 is 1.80. The fraction of sp³-hybridized carbons (Fsp3) is 0.348. The monoisotopic (exact) mass is 456 g/mol. The molecule has 6 nitrogen and oxygen atoms in total. The average molecular weight is 457 g/mol. The van der Waals surface area contributed by atoms with E-state index in [2.05, 4.69) is 37.0 Å². The molecule has 162 valence electrons. The lowest BCUT2D eigenvalue weighted by molar-refractivity contribution is 0.284. The lowest BCUT2D eigenvalue weighted by atomic mass is 10.2. The normalized spacial score (nSPS) is 15.2. The predicted molar refractivity (Wildman–Crippen MR) is 128 cm³/mol. The van der Waals surface area contributed by atoms with Crippen LogP contribution in [-0.4, -0.2) is 57.4 Å². The van der Waals surface area contributed by atoms with E-state index < -0.39 is 0 Å². The van der Waals surface area contributed by atoms with Crippen molar-refractivity contribution in [3.05, 3.63) is 69.2 Å². The van der Waals surface area contributed by atoms with Crippen molar-refractivity contribution in [1.29, 1.82) is 0 Å². The number of hydrogen-bond donors (Lipinski definition) is 0. The van der Waals surface area contributed by atoms with Crippen LogP contribution >= 0.6 is 23.2 Å². The van der Waals surface area contributed by atoms with E-state index in [0.717, 1.165) is 66.1 Å². The minimum absolute atomic E-state index is 0.616. The Labute approximate surface area is 193 Å². The van der Waals surface area contributed by atoms with Crippen LogP contribution in [0.4, 0.5) is 5.69 Å². The van der Waals surface area contributed by atoms with Crippen LogP contribution in [0.3, 0.4) is 0 Å². The van der Waals surface area contributed by atoms with Gasteiger partial charge in [-0.3, -0.25) is 4.90 Å². The second kappa shape index (κ2) is 9.39. The summed E-state index contributed by atoms with van der Waals surface area (Å²) >= 11 is 12.5. The Kier molecular flexibility index (Phi) is 6.60. The van der Waals surface area contributed by atoms with Gasteiger partial charge in [0.1, 0.15) is 0 Å². The van der Waals surface area contributed by atoms with Crippen molar-refractivity contribution in [2.75, 3.05) is 37.6 Å². The second-order valence-electron chi connectivity index (χ2n) is 7.83. The number of anilines is 1. The van der Waals surface area contributed by atoms with E-state index in [9.17, 15) is 0 Å². The van der Waals surface area contributed by atoms with Gasteiger partial charge in [0.15, 0.2) is 0 Å². The maximum Gasteiger partial charge on any atom is 0.251 e. The topological polar surface area (TPSA) is 50.1 Å². The first kappa shape index (κ1) is 21.8. The molecule has 8 heteroatoms. The minimum atomic E-state index is 0.616. The van der Waals surface area contributed by atoms with Crippen LogP contribution in [0.2, 0.25) is 10.0 Å². The molecule has 0 amide bonds. The SMILES string of the molecule is Cc1cc(C)nc(-n2ncc(/C=C/CN3CCN(c4cc(Cl)ccc4Cl)CC3)c2C)n1. The number of aryl methyl sites for hydroxylation is 2. The molecule has 0 unspecified atom stereocenters. The molecule has 0 bridgehead atoms. The van der Waals surface area contributed by atoms with E-state index in [1.165, 1.54) is 0 Å². The molecule has 0 saturated carbocycles. The molecule has 0 aliphatic carbocycles. The zero-order valence-electron chi connectivity index (χ0n) is 18.0. The third kappa shape index (κ3) is 5.09. The molecule has 1 aromatic carbocycles. The summed E-state index contributed by atoms with van der Waals surface area (Å²) in [4.78, 5) is 13.7. The third-order valence-corrected chi connectivity index (χ3v) is 6.04. The van der Waals surface area contributed by atoms with Gasteiger partial charge in [-0.25, -0.2) is 14.6 Å². The summed E-state index contributed by atoms with van der Waals surface area (Å²) in [7, 11) is 0. The first-order valence-corrected chi connectivity index (χ1v) is 11.1. The highest BCUT2D eigenvalue weighted by Gasteiger charge is 2.18. The standard InChI is InChI=1S/C23H26Cl2N6/c1-16-13-17(2)28-23(27-16)31-18(3)19(15-26-31)5-4-8-29-9-11-30(12-10-29)22-14-20(24)6-7-21(22)25/h4-7,13-15H,8-12H2,1-3H3/b5-4+. The first-order valence-electron chi connectivity index (χ1n) is 10.4. The van der Waals surface area contributed by atoms with Crippen molar-refractivity contribution >= 4 is 35.0 Å². The maximum absolute atomic E-state index is 6.35. The summed E-state index contributed by atoms with van der Waals surface area (Å²) in [6, 6.07) is 7.59. The van der Waals surface area contributed by atoms with Crippen molar-refractivity contribution in [3.8, 4) is 5.95 Å². The van der Waals surface area contributed by atoms with Gasteiger partial charge in [0, 0.05) is 54.7 Å².